The number of aryl methyl sites for hydroxylation is 1. The van der Waals surface area contributed by atoms with Gasteiger partial charge >= 0.3 is 5.97 Å². The van der Waals surface area contributed by atoms with E-state index in [4.69, 9.17) is 0 Å². The number of fused-ring (bicyclic) bond motifs is 1. The normalized spacial score (nSPS) is 17.0. The van der Waals surface area contributed by atoms with E-state index < -0.39 is 17.9 Å². The number of aromatic nitrogens is 2. The number of nitrogens with zero attached hydrogens (tertiary/aromatic N) is 3. The second kappa shape index (κ2) is 5.55. The number of carboxylic acids is 1. The summed E-state index contributed by atoms with van der Waals surface area (Å²) < 4.78 is 0. The maximum atomic E-state index is 12.6. The molecular weight excluding hydrogens is 282 g/mol. The van der Waals surface area contributed by atoms with Crippen molar-refractivity contribution in [1.82, 2.24) is 14.9 Å². The molecule has 0 fully saturated rings. The van der Waals surface area contributed by atoms with Crippen LogP contribution >= 0.6 is 0 Å². The number of carbonyl (C=O) groups is 2. The summed E-state index contributed by atoms with van der Waals surface area (Å²) in [7, 11) is 0. The first kappa shape index (κ1) is 14.2. The smallest absolute Gasteiger partial charge is 0.331 e. The van der Waals surface area contributed by atoms with E-state index in [-0.39, 0.29) is 5.69 Å². The van der Waals surface area contributed by atoms with Crippen LogP contribution in [0.2, 0.25) is 0 Å². The van der Waals surface area contributed by atoms with Crippen molar-refractivity contribution in [2.75, 3.05) is 6.54 Å². The van der Waals surface area contributed by atoms with Crippen molar-refractivity contribution in [2.24, 2.45) is 0 Å². The Balaban J connectivity index is 1.98. The summed E-state index contributed by atoms with van der Waals surface area (Å²) in [4.78, 5) is 33.7. The van der Waals surface area contributed by atoms with Crippen LogP contribution in [0.3, 0.4) is 0 Å². The Morgan fingerprint density at radius 2 is 2.00 bits per heavy atom. The standard InChI is InChI=1S/C16H15N3O3/c1-10-8-18-13(9-17-10)15(20)19-7-6-11-4-2-3-5-12(11)14(19)16(21)22/h2-5,8-9,14H,6-7H2,1H3,(H,21,22)/t14-/m1/s1. The van der Waals surface area contributed by atoms with Crippen LogP contribution < -0.4 is 0 Å². The first-order chi connectivity index (χ1) is 10.6. The third kappa shape index (κ3) is 2.43. The molecule has 0 saturated carbocycles. The second-order valence-corrected chi connectivity index (χ2v) is 5.23. The summed E-state index contributed by atoms with van der Waals surface area (Å²) in [6, 6.07) is 6.34. The monoisotopic (exact) mass is 297 g/mol. The maximum absolute atomic E-state index is 12.6. The minimum atomic E-state index is -1.04. The van der Waals surface area contributed by atoms with E-state index in [0.717, 1.165) is 5.56 Å². The van der Waals surface area contributed by atoms with Crippen LogP contribution in [-0.4, -0.2) is 38.4 Å². The van der Waals surface area contributed by atoms with Gasteiger partial charge in [0.1, 0.15) is 5.69 Å². The van der Waals surface area contributed by atoms with E-state index in [1.165, 1.54) is 17.3 Å². The summed E-state index contributed by atoms with van der Waals surface area (Å²) in [5.41, 5.74) is 2.50. The number of carbonyl (C=O) groups excluding carboxylic acids is 1. The van der Waals surface area contributed by atoms with Gasteiger partial charge in [0.25, 0.3) is 5.91 Å². The van der Waals surface area contributed by atoms with E-state index in [2.05, 4.69) is 9.97 Å². The highest BCUT2D eigenvalue weighted by molar-refractivity contribution is 5.95. The third-order valence-corrected chi connectivity index (χ3v) is 3.78. The van der Waals surface area contributed by atoms with Crippen LogP contribution in [0.15, 0.2) is 36.7 Å². The molecule has 1 aromatic carbocycles. The van der Waals surface area contributed by atoms with Gasteiger partial charge in [0.15, 0.2) is 6.04 Å². The molecule has 2 aromatic rings. The van der Waals surface area contributed by atoms with Gasteiger partial charge in [-0.15, -0.1) is 0 Å². The molecule has 2 heterocycles. The van der Waals surface area contributed by atoms with Crippen LogP contribution in [0.1, 0.15) is 33.4 Å². The fourth-order valence-corrected chi connectivity index (χ4v) is 2.70. The molecule has 0 saturated heterocycles. The summed E-state index contributed by atoms with van der Waals surface area (Å²) in [6.07, 6.45) is 3.52. The van der Waals surface area contributed by atoms with Crippen LogP contribution in [0, 0.1) is 6.92 Å². The molecule has 1 atom stereocenters. The lowest BCUT2D eigenvalue weighted by Crippen LogP contribution is -2.43. The Morgan fingerprint density at radius 1 is 1.23 bits per heavy atom. The van der Waals surface area contributed by atoms with Gasteiger partial charge in [0, 0.05) is 12.7 Å². The van der Waals surface area contributed by atoms with E-state index in [1.807, 2.05) is 12.1 Å². The number of benzene rings is 1. The maximum Gasteiger partial charge on any atom is 0.331 e. The average molecular weight is 297 g/mol. The van der Waals surface area contributed by atoms with Gasteiger partial charge in [-0.2, -0.15) is 0 Å². The van der Waals surface area contributed by atoms with Crippen molar-refractivity contribution in [3.05, 3.63) is 59.2 Å². The summed E-state index contributed by atoms with van der Waals surface area (Å²) in [6.45, 7) is 2.13. The molecule has 1 aliphatic heterocycles. The quantitative estimate of drug-likeness (QED) is 0.910. The molecule has 3 rings (SSSR count). The molecule has 0 unspecified atom stereocenters. The van der Waals surface area contributed by atoms with Crippen molar-refractivity contribution in [3.8, 4) is 0 Å². The predicted octanol–water partition coefficient (Wildman–Crippen LogP) is 1.61. The lowest BCUT2D eigenvalue weighted by atomic mass is 9.92. The summed E-state index contributed by atoms with van der Waals surface area (Å²) in [5.74, 6) is -1.45. The van der Waals surface area contributed by atoms with Crippen molar-refractivity contribution in [1.29, 1.82) is 0 Å². The Labute approximate surface area is 127 Å². The van der Waals surface area contributed by atoms with Crippen LogP contribution in [0.5, 0.6) is 0 Å². The Kier molecular flexibility index (Phi) is 3.58. The van der Waals surface area contributed by atoms with Gasteiger partial charge in [-0.3, -0.25) is 9.78 Å². The molecule has 1 N–H and O–H groups in total. The summed E-state index contributed by atoms with van der Waals surface area (Å²) in [5, 5.41) is 9.57. The first-order valence-electron chi connectivity index (χ1n) is 6.98. The second-order valence-electron chi connectivity index (χ2n) is 5.23. The largest absolute Gasteiger partial charge is 0.479 e. The molecule has 6 nitrogen and oxygen atoms in total. The third-order valence-electron chi connectivity index (χ3n) is 3.78. The lowest BCUT2D eigenvalue weighted by Gasteiger charge is -2.34. The van der Waals surface area contributed by atoms with Gasteiger partial charge in [-0.05, 0) is 24.5 Å². The molecule has 1 aromatic heterocycles. The minimum absolute atomic E-state index is 0.163. The highest BCUT2D eigenvalue weighted by Gasteiger charge is 2.36. The van der Waals surface area contributed by atoms with Gasteiger partial charge < -0.3 is 10.0 Å². The van der Waals surface area contributed by atoms with Crippen LogP contribution in [-0.2, 0) is 11.2 Å². The van der Waals surface area contributed by atoms with Crippen molar-refractivity contribution in [2.45, 2.75) is 19.4 Å². The number of carboxylic acid groups (broad SMARTS) is 1. The van der Waals surface area contributed by atoms with Crippen molar-refractivity contribution < 1.29 is 14.7 Å². The predicted molar refractivity (Wildman–Crippen MR) is 78.3 cm³/mol. The number of hydrogen-bond donors (Lipinski definition) is 1. The molecule has 22 heavy (non-hydrogen) atoms. The number of amides is 1. The zero-order chi connectivity index (χ0) is 15.7. The molecule has 6 heteroatoms. The highest BCUT2D eigenvalue weighted by Crippen LogP contribution is 2.30. The number of rotatable bonds is 2. The topological polar surface area (TPSA) is 83.4 Å². The zero-order valence-electron chi connectivity index (χ0n) is 12.1. The average Bonchev–Trinajstić information content (AvgIpc) is 2.53. The van der Waals surface area contributed by atoms with Gasteiger partial charge in [-0.25, -0.2) is 9.78 Å². The van der Waals surface area contributed by atoms with Crippen molar-refractivity contribution >= 4 is 11.9 Å². The van der Waals surface area contributed by atoms with Gasteiger partial charge in [0.2, 0.25) is 0 Å². The van der Waals surface area contributed by atoms with E-state index in [0.29, 0.717) is 24.2 Å². The summed E-state index contributed by atoms with van der Waals surface area (Å²) >= 11 is 0. The number of aliphatic carboxylic acids is 1. The fraction of sp³-hybridized carbons (Fsp3) is 0.250. The number of hydrogen-bond acceptors (Lipinski definition) is 4. The minimum Gasteiger partial charge on any atom is -0.479 e. The molecule has 0 radical (unpaired) electrons. The zero-order valence-corrected chi connectivity index (χ0v) is 12.1. The van der Waals surface area contributed by atoms with E-state index in [1.54, 1.807) is 19.1 Å². The van der Waals surface area contributed by atoms with Crippen molar-refractivity contribution in [3.63, 3.8) is 0 Å². The van der Waals surface area contributed by atoms with E-state index in [9.17, 15) is 14.7 Å². The van der Waals surface area contributed by atoms with Crippen LogP contribution in [0.25, 0.3) is 0 Å². The SMILES string of the molecule is Cc1cnc(C(=O)N2CCc3ccccc3[C@@H]2C(=O)O)cn1. The molecular formula is C16H15N3O3. The fourth-order valence-electron chi connectivity index (χ4n) is 2.70. The van der Waals surface area contributed by atoms with Gasteiger partial charge in [0.05, 0.1) is 11.9 Å². The molecule has 0 spiro atoms. The Morgan fingerprint density at radius 3 is 2.68 bits per heavy atom. The highest BCUT2D eigenvalue weighted by atomic mass is 16.4. The Bertz CT molecular complexity index is 728. The lowest BCUT2D eigenvalue weighted by molar-refractivity contribution is -0.143. The Hall–Kier alpha value is -2.76. The molecule has 1 aliphatic rings. The molecule has 1 amide bonds. The van der Waals surface area contributed by atoms with Crippen LogP contribution in [0.4, 0.5) is 0 Å². The van der Waals surface area contributed by atoms with E-state index >= 15 is 0 Å². The molecule has 0 aliphatic carbocycles. The first-order valence-corrected chi connectivity index (χ1v) is 6.98. The molecule has 0 bridgehead atoms. The van der Waals surface area contributed by atoms with Gasteiger partial charge in [-0.1, -0.05) is 24.3 Å². The molecule has 112 valence electrons.